The molecule has 0 saturated heterocycles. The zero-order valence-electron chi connectivity index (χ0n) is 31.8. The lowest BCUT2D eigenvalue weighted by Crippen LogP contribution is -2.15. The van der Waals surface area contributed by atoms with Crippen molar-refractivity contribution in [1.82, 2.24) is 8.97 Å². The van der Waals surface area contributed by atoms with E-state index in [1.54, 1.807) is 0 Å². The highest BCUT2D eigenvalue weighted by molar-refractivity contribution is 6.36. The second-order valence-corrected chi connectivity index (χ2v) is 18.1. The van der Waals surface area contributed by atoms with Crippen LogP contribution in [0.15, 0.2) is 72.8 Å². The number of carbonyl (C=O) groups is 2. The maximum absolute atomic E-state index is 14.2. The number of hydrogen-bond donors (Lipinski definition) is 0. The van der Waals surface area contributed by atoms with Gasteiger partial charge in [-0.05, 0) is 134 Å². The first-order chi connectivity index (χ1) is 26.3. The van der Waals surface area contributed by atoms with E-state index in [2.05, 4.69) is 109 Å². The second-order valence-electron chi connectivity index (χ2n) is 18.1. The van der Waals surface area contributed by atoms with E-state index < -0.39 is 0 Å². The van der Waals surface area contributed by atoms with Crippen molar-refractivity contribution in [3.8, 4) is 5.69 Å². The Balaban J connectivity index is 1.32. The van der Waals surface area contributed by atoms with E-state index in [9.17, 15) is 9.59 Å². The highest BCUT2D eigenvalue weighted by Crippen LogP contribution is 2.52. The predicted octanol–water partition coefficient (Wildman–Crippen LogP) is 13.1. The van der Waals surface area contributed by atoms with Crippen LogP contribution in [-0.2, 0) is 0 Å². The van der Waals surface area contributed by atoms with E-state index >= 15 is 0 Å². The summed E-state index contributed by atoms with van der Waals surface area (Å²) in [5, 5.41) is 7.55. The van der Waals surface area contributed by atoms with Crippen LogP contribution in [0.5, 0.6) is 0 Å². The summed E-state index contributed by atoms with van der Waals surface area (Å²) in [7, 11) is 0. The van der Waals surface area contributed by atoms with E-state index in [0.29, 0.717) is 35.2 Å². The lowest BCUT2D eigenvalue weighted by atomic mass is 9.82. The third-order valence-electron chi connectivity index (χ3n) is 14.7. The summed E-state index contributed by atoms with van der Waals surface area (Å²) in [4.78, 5) is 28.4. The van der Waals surface area contributed by atoms with Gasteiger partial charge >= 0.3 is 0 Å². The predicted molar refractivity (Wildman–Crippen MR) is 222 cm³/mol. The van der Waals surface area contributed by atoms with Gasteiger partial charge in [0.25, 0.3) is 0 Å². The van der Waals surface area contributed by atoms with Gasteiger partial charge in [-0.1, -0.05) is 64.1 Å². The van der Waals surface area contributed by atoms with Crippen LogP contribution in [0.2, 0.25) is 0 Å². The number of hydrogen-bond acceptors (Lipinski definition) is 2. The molecule has 3 heterocycles. The molecule has 4 heteroatoms. The molecule has 0 spiro atoms. The molecule has 0 atom stereocenters. The van der Waals surface area contributed by atoms with Gasteiger partial charge in [0, 0.05) is 55.3 Å². The maximum Gasteiger partial charge on any atom is 0.166 e. The van der Waals surface area contributed by atoms with Crippen LogP contribution in [0, 0.1) is 11.8 Å². The van der Waals surface area contributed by atoms with Crippen molar-refractivity contribution in [2.45, 2.75) is 103 Å². The standard InChI is InChI=1S/C50H46N2O2/c1-25(2)31-9-7-10-32(26(3)4)47(31)51-41-11-6-5-8-33(41)45-44(51)22-37-36-20-34-27-12-16-29(17-13-27)49(53)38(34)23-42(36)52-43-24-39-35(21-40(43)46(45)48(37)52)28-14-18-30(19-15-28)50(39)54/h5-11,20-30H,12-19H2,1-4H3. The average Bonchev–Trinajstić information content (AvgIpc) is 3.69. The molecule has 6 aliphatic carbocycles. The summed E-state index contributed by atoms with van der Waals surface area (Å²) >= 11 is 0. The molecule has 3 aromatic heterocycles. The third kappa shape index (κ3) is 3.89. The SMILES string of the molecule is CC(C)c1cccc(C(C)C)c1-n1c2ccccc2c2c3c4cc5c(cc4n4c6cc7c(cc6c(cc21)c34)C1CCC(CC1)C7=O)C(=O)C1CCC5CC1. The van der Waals surface area contributed by atoms with E-state index in [1.165, 1.54) is 76.8 Å². The van der Waals surface area contributed by atoms with Crippen LogP contribution in [0.3, 0.4) is 0 Å². The Labute approximate surface area is 315 Å². The zero-order chi connectivity index (χ0) is 36.3. The van der Waals surface area contributed by atoms with E-state index in [0.717, 1.165) is 73.5 Å². The number of fused-ring (bicyclic) bond motifs is 14. The highest BCUT2D eigenvalue weighted by Gasteiger charge is 2.38. The first-order valence-electron chi connectivity index (χ1n) is 20.8. The molecule has 0 unspecified atom stereocenters. The number of aromatic nitrogens is 2. The van der Waals surface area contributed by atoms with Crippen LogP contribution in [0.25, 0.3) is 65.6 Å². The molecular formula is C50H46N2O2. The summed E-state index contributed by atoms with van der Waals surface area (Å²) in [6.07, 6.45) is 8.38. The quantitative estimate of drug-likeness (QED) is 0.184. The van der Waals surface area contributed by atoms with Crippen molar-refractivity contribution in [1.29, 1.82) is 0 Å². The summed E-state index contributed by atoms with van der Waals surface area (Å²) in [5.41, 5.74) is 14.4. The summed E-state index contributed by atoms with van der Waals surface area (Å²) < 4.78 is 5.05. The van der Waals surface area contributed by atoms with Crippen molar-refractivity contribution in [2.75, 3.05) is 0 Å². The van der Waals surface area contributed by atoms with Gasteiger partial charge in [-0.25, -0.2) is 0 Å². The van der Waals surface area contributed by atoms with Crippen molar-refractivity contribution in [2.24, 2.45) is 11.8 Å². The fourth-order valence-corrected chi connectivity index (χ4v) is 12.1. The van der Waals surface area contributed by atoms with Crippen molar-refractivity contribution in [3.05, 3.63) is 106 Å². The summed E-state index contributed by atoms with van der Waals surface area (Å²) in [5.74, 6) is 2.51. The molecular weight excluding hydrogens is 661 g/mol. The molecule has 4 nitrogen and oxygen atoms in total. The van der Waals surface area contributed by atoms with Gasteiger partial charge in [-0.15, -0.1) is 0 Å². The number of carbonyl (C=O) groups excluding carboxylic acids is 2. The minimum Gasteiger partial charge on any atom is -0.309 e. The van der Waals surface area contributed by atoms with Crippen molar-refractivity contribution >= 4 is 71.5 Å². The first-order valence-corrected chi connectivity index (χ1v) is 20.8. The Morgan fingerprint density at radius 2 is 1.04 bits per heavy atom. The Bertz CT molecular complexity index is 2930. The Kier molecular flexibility index (Phi) is 6.30. The fourth-order valence-electron chi connectivity index (χ4n) is 12.1. The lowest BCUT2D eigenvalue weighted by Gasteiger charge is -2.22. The molecule has 8 aromatic rings. The zero-order valence-corrected chi connectivity index (χ0v) is 31.8. The number of nitrogens with zero attached hydrogens (tertiary/aromatic N) is 2. The van der Waals surface area contributed by atoms with Crippen LogP contribution in [-0.4, -0.2) is 20.5 Å². The van der Waals surface area contributed by atoms with Gasteiger partial charge in [0.2, 0.25) is 0 Å². The molecule has 6 aliphatic rings. The van der Waals surface area contributed by atoms with Gasteiger partial charge in [0.15, 0.2) is 11.6 Å². The van der Waals surface area contributed by atoms with Crippen LogP contribution < -0.4 is 0 Å². The topological polar surface area (TPSA) is 43.5 Å². The molecule has 268 valence electrons. The third-order valence-corrected chi connectivity index (χ3v) is 14.7. The van der Waals surface area contributed by atoms with E-state index in [1.807, 2.05) is 0 Å². The van der Waals surface area contributed by atoms with Gasteiger partial charge in [0.1, 0.15) is 0 Å². The van der Waals surface area contributed by atoms with Crippen LogP contribution in [0.1, 0.15) is 146 Å². The normalized spacial score (nSPS) is 22.6. The molecule has 5 aromatic carbocycles. The van der Waals surface area contributed by atoms with Gasteiger partial charge < -0.3 is 8.97 Å². The monoisotopic (exact) mass is 706 g/mol. The minimum atomic E-state index is 0.135. The molecule has 0 aliphatic heterocycles. The van der Waals surface area contributed by atoms with Gasteiger partial charge in [0.05, 0.1) is 33.3 Å². The van der Waals surface area contributed by atoms with E-state index in [4.69, 9.17) is 0 Å². The van der Waals surface area contributed by atoms with E-state index in [-0.39, 0.29) is 11.8 Å². The molecule has 0 N–H and O–H groups in total. The molecule has 0 radical (unpaired) electrons. The van der Waals surface area contributed by atoms with Crippen molar-refractivity contribution in [3.63, 3.8) is 0 Å². The van der Waals surface area contributed by atoms with Crippen LogP contribution >= 0.6 is 0 Å². The Morgan fingerprint density at radius 3 is 1.63 bits per heavy atom. The first kappa shape index (κ1) is 31.4. The Morgan fingerprint density at radius 1 is 0.500 bits per heavy atom. The number of Topliss-reactive ketones (excluding diaryl/α,β-unsaturated/α-hetero) is 2. The molecule has 0 amide bonds. The summed E-state index contributed by atoms with van der Waals surface area (Å²) in [6, 6.07) is 27.8. The number of benzene rings is 5. The lowest BCUT2D eigenvalue weighted by molar-refractivity contribution is 0.0891. The maximum atomic E-state index is 14.2. The largest absolute Gasteiger partial charge is 0.309 e. The van der Waals surface area contributed by atoms with Crippen LogP contribution in [0.4, 0.5) is 0 Å². The van der Waals surface area contributed by atoms with Crippen molar-refractivity contribution < 1.29 is 9.59 Å². The fraction of sp³-hybridized carbons (Fsp3) is 0.360. The number of rotatable bonds is 3. The second kappa shape index (κ2) is 10.8. The smallest absolute Gasteiger partial charge is 0.166 e. The summed E-state index contributed by atoms with van der Waals surface area (Å²) in [6.45, 7) is 9.28. The molecule has 4 bridgehead atoms. The molecule has 2 saturated carbocycles. The average molecular weight is 707 g/mol. The molecule has 2 fully saturated rings. The molecule has 54 heavy (non-hydrogen) atoms. The number of ketones is 2. The number of para-hydroxylation sites is 2. The van der Waals surface area contributed by atoms with Gasteiger partial charge in [-0.3, -0.25) is 9.59 Å². The Hall–Kier alpha value is -4.96. The van der Waals surface area contributed by atoms with Gasteiger partial charge in [-0.2, -0.15) is 0 Å². The highest BCUT2D eigenvalue weighted by atomic mass is 16.1. The minimum absolute atomic E-state index is 0.135. The molecule has 14 rings (SSSR count).